The molecule has 0 saturated carbocycles. The minimum absolute atomic E-state index is 0. The Morgan fingerprint density at radius 1 is 0.480 bits per heavy atom. The fourth-order valence-corrected chi connectivity index (χ4v) is 18.4. The number of esters is 1. The van der Waals surface area contributed by atoms with Crippen LogP contribution >= 0.6 is 63.7 Å². The summed E-state index contributed by atoms with van der Waals surface area (Å²) < 4.78 is 55.4. The van der Waals surface area contributed by atoms with Gasteiger partial charge in [-0.3, -0.25) is 24.2 Å². The summed E-state index contributed by atoms with van der Waals surface area (Å²) in [7, 11) is -2.85. The van der Waals surface area contributed by atoms with Gasteiger partial charge in [0, 0.05) is 185 Å². The van der Waals surface area contributed by atoms with Crippen molar-refractivity contribution in [1.82, 2.24) is 38.2 Å². The summed E-state index contributed by atoms with van der Waals surface area (Å²) in [6, 6.07) is 45.2. The number of aromatic nitrogens is 8. The van der Waals surface area contributed by atoms with E-state index < -0.39 is 44.2 Å². The van der Waals surface area contributed by atoms with Gasteiger partial charge in [0.05, 0.1) is 80.8 Å². The van der Waals surface area contributed by atoms with Gasteiger partial charge in [0.15, 0.2) is 23.6 Å². The molecule has 0 unspecified atom stereocenters. The predicted octanol–water partition coefficient (Wildman–Crippen LogP) is 19.7. The van der Waals surface area contributed by atoms with E-state index in [1.54, 1.807) is 38.1 Å². The number of imidazole rings is 4. The third-order valence-electron chi connectivity index (χ3n) is 22.0. The van der Waals surface area contributed by atoms with Gasteiger partial charge in [-0.15, -0.1) is 0 Å². The largest absolute Gasteiger partial charge is 2.00 e. The number of carboxylic acids is 2. The molecule has 15 rings (SSSR count). The molecule has 3 saturated heterocycles. The zero-order valence-electron chi connectivity index (χ0n) is 94.1. The molecule has 0 aliphatic carbocycles. The summed E-state index contributed by atoms with van der Waals surface area (Å²) >= 11 is 13.6. The van der Waals surface area contributed by atoms with Crippen LogP contribution in [0, 0.1) is 6.42 Å². The number of halogens is 5. The van der Waals surface area contributed by atoms with Crippen LogP contribution < -0.4 is 53.8 Å². The number of aliphatic imine (C=N–C) groups is 1. The summed E-state index contributed by atoms with van der Waals surface area (Å²) in [5.74, 6) is 2.00. The van der Waals surface area contributed by atoms with Crippen LogP contribution in [0.3, 0.4) is 0 Å². The number of aldehydes is 1. The van der Waals surface area contributed by atoms with Gasteiger partial charge in [0.2, 0.25) is 5.91 Å². The minimum atomic E-state index is -1.09. The molecule has 4 aliphatic heterocycles. The maximum absolute atomic E-state index is 11.9. The van der Waals surface area contributed by atoms with E-state index >= 15 is 0 Å². The Balaban J connectivity index is -0.00000163. The molecule has 826 valence electrons. The monoisotopic (exact) mass is 2440 g/mol. The van der Waals surface area contributed by atoms with Crippen LogP contribution in [0.1, 0.15) is 184 Å². The van der Waals surface area contributed by atoms with Crippen molar-refractivity contribution in [2.45, 2.75) is 295 Å². The van der Waals surface area contributed by atoms with Crippen LogP contribution in [0.5, 0.6) is 0 Å². The number of aliphatic carboxylic acids is 2. The van der Waals surface area contributed by atoms with E-state index in [1.165, 1.54) is 69.0 Å². The molecule has 8 heterocycles. The normalized spacial score (nSPS) is 12.3. The number of benzene rings is 7. The van der Waals surface area contributed by atoms with Gasteiger partial charge in [-0.05, 0) is 211 Å². The number of nitrogens with zero attached hydrogens (tertiary/aromatic N) is 9. The van der Waals surface area contributed by atoms with Crippen molar-refractivity contribution >= 4 is 245 Å². The zero-order valence-corrected chi connectivity index (χ0v) is 106. The number of amides is 1. The molecule has 11 aromatic rings. The van der Waals surface area contributed by atoms with Gasteiger partial charge in [-0.2, -0.15) is 13.8 Å². The molecule has 7 aromatic carbocycles. The number of aliphatic hydroxyl groups excluding tert-OH is 1. The summed E-state index contributed by atoms with van der Waals surface area (Å²) in [5.41, 5.74) is 32.3. The first-order valence-corrected chi connectivity index (χ1v) is 68.7. The van der Waals surface area contributed by atoms with Crippen molar-refractivity contribution in [3.05, 3.63) is 197 Å². The predicted molar refractivity (Wildman–Crippen MR) is 643 cm³/mol. The number of carbonyl (C=O) groups excluding carboxylic acids is 3. The van der Waals surface area contributed by atoms with Gasteiger partial charge in [0.1, 0.15) is 61.3 Å². The number of rotatable bonds is 31. The van der Waals surface area contributed by atoms with Crippen molar-refractivity contribution in [3.63, 3.8) is 0 Å². The fraction of sp³-hybridized carbons (Fsp3) is 0.514. The Labute approximate surface area is 977 Å². The van der Waals surface area contributed by atoms with Gasteiger partial charge >= 0.3 is 53.9 Å². The first-order valence-electron chi connectivity index (χ1n) is 50.7. The van der Waals surface area contributed by atoms with E-state index in [4.69, 9.17) is 75.1 Å². The van der Waals surface area contributed by atoms with Gasteiger partial charge in [-0.1, -0.05) is 182 Å². The number of nitrogens with two attached hydrogens (primary N) is 3. The average molecular weight is 2450 g/mol. The quantitative estimate of drug-likeness (QED) is 0.00530. The number of ether oxygens (including phenoxy) is 8. The number of carboxylic acid groups (broad SMARTS) is 2. The average Bonchev–Trinajstić information content (AvgIpc) is 1.64. The molecular weight excluding hydrogens is 2270 g/mol. The topological polar surface area (TPSA) is 394 Å². The first kappa shape index (κ1) is 146. The maximum Gasteiger partial charge on any atom is 2.00 e. The number of aryl methyl sites for hydroxylation is 4. The Kier molecular flexibility index (Phi) is 77.3. The molecule has 4 aliphatic rings. The van der Waals surface area contributed by atoms with Crippen molar-refractivity contribution in [1.29, 1.82) is 0 Å². The second-order valence-corrected chi connectivity index (χ2v) is 65.2. The number of hydrogen-bond donors (Lipinski definition) is 7. The third-order valence-corrected chi connectivity index (χ3v) is 31.4. The number of carbonyl (C=O) groups is 5. The summed E-state index contributed by atoms with van der Waals surface area (Å²) in [5, 5.41) is 27.3. The van der Waals surface area contributed by atoms with E-state index in [0.29, 0.717) is 72.7 Å². The Morgan fingerprint density at radius 2 is 0.813 bits per heavy atom. The molecule has 0 radical (unpaired) electrons. The molecule has 0 spiro atoms. The molecule has 41 heteroatoms. The number of methoxy groups -OCH3 is 1. The van der Waals surface area contributed by atoms with Crippen LogP contribution in [0.4, 0.5) is 28.4 Å². The minimum Gasteiger partial charge on any atom is -1.00 e. The fourth-order valence-electron chi connectivity index (χ4n) is 13.6. The standard InChI is InChI=1S/C17H26N2O3Si.C16H26N2O2Si.C16H24N2O2Si.C15H23BrN2OSi.C10H10BrN.C9H11BrN2O.C6H7BrN2.3C4H8O.C3H6O2.C3H7.C2H4O2.Al.ClH.Li.Mg.4H/c1-6-15-18-16-13(17(20)21-2)8-7-9-14(16)19(15)12-22-10-11-23(3,4)5;2*1-5-15-17-16-13(11-19)7-6-8-14(16)18(15)12-20-9-10-21(2,3)4;1-5-14-17-15-12(16)7-6-8-13(15)18(14)11-19-9-10-20(2,3)4;1-2-8-6-7-4-3-5-9(11)10(7)12-8;1-2-8(13)12-9-6(10)4-3-5-7(9)11;7-4-2-1-3-5(8)6(4)9;3*1-2-4-5-3-1;1-2-3(4)5;1-3-2;1-2(3)4;;;;;;;;/h7-9H,6,10-12H2,1-5H3;6-8,19H,5,9-12H2,1-4H3;6-8,11H,5,9-10,12H2,1-4H3;6-8H,5,9-11H2,1-4H3;3-5H,2,6H2,1H3;3-5H,2,11H2,1H3,(H,12,13);1-3H,8-9H2;3*1-4H2;2H2,1H3,(H,4,5);3H,1-2H3;1H3,(H,3,4);;1H;;;;;;/q;;;;;;;;;;;-1;;;;+1;+2;;;;-1/p-1. The molecular formula is C109H172AlBr4ClLiMgN13O16Si4. The van der Waals surface area contributed by atoms with E-state index in [0.717, 1.165) is 221 Å². The van der Waals surface area contributed by atoms with Crippen LogP contribution in [-0.4, -0.2) is 235 Å². The molecule has 10 N–H and O–H groups in total. The van der Waals surface area contributed by atoms with Crippen molar-refractivity contribution in [3.8, 4) is 0 Å². The van der Waals surface area contributed by atoms with Crippen molar-refractivity contribution in [2.24, 2.45) is 4.99 Å². The third kappa shape index (κ3) is 56.6. The number of aliphatic hydroxyl groups is 1. The Bertz CT molecular complexity index is 5670. The molecule has 4 aromatic heterocycles. The molecule has 0 bridgehead atoms. The van der Waals surface area contributed by atoms with Crippen molar-refractivity contribution in [2.75, 3.05) is 95.7 Å². The van der Waals surface area contributed by atoms with Gasteiger partial charge in [0.25, 0.3) is 5.97 Å². The number of anilines is 4. The van der Waals surface area contributed by atoms with E-state index in [1.807, 2.05) is 110 Å². The second kappa shape index (κ2) is 79.6. The number of nitrogens with one attached hydrogen (secondary N) is 1. The van der Waals surface area contributed by atoms with E-state index in [2.05, 4.69) is 234 Å². The second-order valence-electron chi connectivity index (χ2n) is 39.3. The van der Waals surface area contributed by atoms with Gasteiger partial charge < -0.3 is 114 Å². The van der Waals surface area contributed by atoms with Gasteiger partial charge in [-0.25, -0.2) is 24.7 Å². The smallest absolute Gasteiger partial charge is 1.00 e. The Hall–Kier alpha value is -6.31. The molecule has 29 nitrogen and oxygen atoms in total. The Morgan fingerprint density at radius 3 is 1.15 bits per heavy atom. The molecule has 3 fully saturated rings. The maximum atomic E-state index is 11.9. The number of hydrogen-bond acceptors (Lipinski definition) is 22. The SMILES string of the molecule is C1CCOC1.C1CCOC1.C1CCOC1.CC(=O)O.CCC(=O)Nc1c(N)cccc1Br.CCC(=O)O.CCC1=Nc2c(Br)cccc2C1.CCc1nc2c(Br)cccc2n1COCC[Si](C)(C)C.CCc1nc2c(C(=O)OC)cccc2n1COCC[Si](C)(C)C.CCc1nc2c(C=O)cccc2n1COCC[Si](C)(C)C.CCc1nc2c(CO)cccc2n1COCC[Si](C)(C)C.C[CH-]C.Nc1cccc(Br)c1N.[AlH3].[Cl-].[H-].[Li+].[Mg+2]. The molecule has 0 atom stereocenters. The van der Waals surface area contributed by atoms with Crippen LogP contribution in [-0.2, 0) is 118 Å². The summed E-state index contributed by atoms with van der Waals surface area (Å²) in [6.07, 6.45) is 16.7. The van der Waals surface area contributed by atoms with Crippen LogP contribution in [0.25, 0.3) is 44.1 Å². The summed E-state index contributed by atoms with van der Waals surface area (Å²) in [4.78, 5) is 75.6. The number of para-hydroxylation sites is 7. The van der Waals surface area contributed by atoms with E-state index in [-0.39, 0.29) is 98.0 Å². The number of nitrogen functional groups attached to an aromatic ring is 3. The van der Waals surface area contributed by atoms with Crippen molar-refractivity contribution < 1.29 is 110 Å². The summed E-state index contributed by atoms with van der Waals surface area (Å²) in [6.45, 7) is 58.5. The molecule has 1 amide bonds. The van der Waals surface area contributed by atoms with E-state index in [9.17, 15) is 24.3 Å². The first-order chi connectivity index (χ1) is 69.3. The zero-order chi connectivity index (χ0) is 109. The molecule has 150 heavy (non-hydrogen) atoms. The number of fused-ring (bicyclic) bond motifs is 5. The van der Waals surface area contributed by atoms with Crippen LogP contribution in [0.2, 0.25) is 103 Å². The van der Waals surface area contributed by atoms with Crippen LogP contribution in [0.15, 0.2) is 150 Å².